The van der Waals surface area contributed by atoms with Crippen molar-refractivity contribution in [3.63, 3.8) is 0 Å². The molecular formula is C23H24N4O4. The number of hydrogen-bond donors (Lipinski definition) is 1. The average molecular weight is 420 g/mol. The number of nitrogens with zero attached hydrogens (tertiary/aromatic N) is 3. The molecule has 0 aliphatic carbocycles. The van der Waals surface area contributed by atoms with Crippen LogP contribution < -0.4 is 9.64 Å². The molecule has 0 spiro atoms. The minimum absolute atomic E-state index is 0.144. The fourth-order valence-corrected chi connectivity index (χ4v) is 3.91. The number of hydrogen-bond acceptors (Lipinski definition) is 6. The molecule has 1 N–H and O–H groups in total. The van der Waals surface area contributed by atoms with Crippen molar-refractivity contribution in [2.75, 3.05) is 18.6 Å². The second-order valence-electron chi connectivity index (χ2n) is 7.50. The van der Waals surface area contributed by atoms with Gasteiger partial charge >= 0.3 is 5.97 Å². The third-order valence-corrected chi connectivity index (χ3v) is 5.31. The number of pyridine rings is 1. The smallest absolute Gasteiger partial charge is 0.356 e. The molecule has 1 atom stereocenters. The summed E-state index contributed by atoms with van der Waals surface area (Å²) in [5, 5.41) is 7.36. The lowest BCUT2D eigenvalue weighted by atomic mass is 9.94. The topological polar surface area (TPSA) is 97.4 Å². The number of para-hydroxylation sites is 1. The summed E-state index contributed by atoms with van der Waals surface area (Å²) in [7, 11) is 1.61. The van der Waals surface area contributed by atoms with Crippen molar-refractivity contribution in [2.24, 2.45) is 0 Å². The van der Waals surface area contributed by atoms with Gasteiger partial charge < -0.3 is 9.47 Å². The summed E-state index contributed by atoms with van der Waals surface area (Å²) >= 11 is 0. The maximum absolute atomic E-state index is 13.4. The number of rotatable bonds is 6. The molecule has 0 saturated heterocycles. The van der Waals surface area contributed by atoms with Gasteiger partial charge in [0.15, 0.2) is 5.69 Å². The molecule has 8 nitrogen and oxygen atoms in total. The zero-order valence-electron chi connectivity index (χ0n) is 17.9. The van der Waals surface area contributed by atoms with Crippen molar-refractivity contribution in [1.82, 2.24) is 15.2 Å². The molecule has 4 rings (SSSR count). The molecule has 1 aliphatic rings. The van der Waals surface area contributed by atoms with Gasteiger partial charge in [0.1, 0.15) is 11.4 Å². The number of ether oxygens (including phenoxy) is 2. The second kappa shape index (κ2) is 8.22. The zero-order chi connectivity index (χ0) is 22.1. The van der Waals surface area contributed by atoms with Crippen LogP contribution in [0.4, 0.5) is 5.69 Å². The molecule has 3 heterocycles. The van der Waals surface area contributed by atoms with E-state index in [1.807, 2.05) is 24.3 Å². The van der Waals surface area contributed by atoms with Crippen LogP contribution in [0.25, 0.3) is 0 Å². The average Bonchev–Trinajstić information content (AvgIpc) is 3.33. The summed E-state index contributed by atoms with van der Waals surface area (Å²) in [6, 6.07) is 10.4. The highest BCUT2D eigenvalue weighted by molar-refractivity contribution is 6.10. The predicted molar refractivity (Wildman–Crippen MR) is 115 cm³/mol. The van der Waals surface area contributed by atoms with E-state index in [1.165, 1.54) is 6.20 Å². The van der Waals surface area contributed by atoms with Gasteiger partial charge in [-0.2, -0.15) is 5.10 Å². The van der Waals surface area contributed by atoms with Crippen LogP contribution in [-0.4, -0.2) is 40.8 Å². The van der Waals surface area contributed by atoms with Gasteiger partial charge in [-0.3, -0.25) is 14.8 Å². The number of nitrogens with one attached hydrogen (secondary N) is 1. The molecule has 2 aromatic heterocycles. The van der Waals surface area contributed by atoms with E-state index >= 15 is 0 Å². The van der Waals surface area contributed by atoms with Crippen molar-refractivity contribution in [1.29, 1.82) is 0 Å². The predicted octanol–water partition coefficient (Wildman–Crippen LogP) is 3.86. The van der Waals surface area contributed by atoms with Crippen LogP contribution >= 0.6 is 0 Å². The number of amides is 1. The van der Waals surface area contributed by atoms with E-state index in [0.29, 0.717) is 17.1 Å². The van der Waals surface area contributed by atoms with Gasteiger partial charge in [-0.15, -0.1) is 0 Å². The first-order chi connectivity index (χ1) is 15.0. The van der Waals surface area contributed by atoms with Gasteiger partial charge in [-0.05, 0) is 31.0 Å². The summed E-state index contributed by atoms with van der Waals surface area (Å²) in [4.78, 5) is 31.3. The van der Waals surface area contributed by atoms with E-state index in [-0.39, 0.29) is 24.1 Å². The van der Waals surface area contributed by atoms with Crippen LogP contribution in [0.5, 0.6) is 5.75 Å². The van der Waals surface area contributed by atoms with E-state index in [0.717, 1.165) is 16.8 Å². The Morgan fingerprint density at radius 1 is 1.23 bits per heavy atom. The molecular weight excluding hydrogens is 396 g/mol. The Hall–Kier alpha value is -3.68. The number of methoxy groups -OCH3 is 1. The van der Waals surface area contributed by atoms with Gasteiger partial charge in [0, 0.05) is 16.8 Å². The summed E-state index contributed by atoms with van der Waals surface area (Å²) in [5.41, 5.74) is 3.70. The van der Waals surface area contributed by atoms with Crippen molar-refractivity contribution < 1.29 is 19.1 Å². The molecule has 8 heteroatoms. The highest BCUT2D eigenvalue weighted by atomic mass is 16.5. The quantitative estimate of drug-likeness (QED) is 0.608. The highest BCUT2D eigenvalue weighted by Gasteiger charge is 2.44. The lowest BCUT2D eigenvalue weighted by Gasteiger charge is -2.27. The van der Waals surface area contributed by atoms with Crippen LogP contribution in [0.1, 0.15) is 70.5 Å². The lowest BCUT2D eigenvalue weighted by molar-refractivity contribution is 0.0519. The van der Waals surface area contributed by atoms with E-state index in [9.17, 15) is 9.59 Å². The van der Waals surface area contributed by atoms with E-state index < -0.39 is 12.0 Å². The number of carbonyl (C=O) groups excluding carboxylic acids is 2. The molecule has 1 amide bonds. The first-order valence-electron chi connectivity index (χ1n) is 10.2. The van der Waals surface area contributed by atoms with Gasteiger partial charge in [-0.25, -0.2) is 9.78 Å². The van der Waals surface area contributed by atoms with Crippen molar-refractivity contribution in [3.05, 3.63) is 70.8 Å². The van der Waals surface area contributed by atoms with Crippen molar-refractivity contribution in [3.8, 4) is 5.75 Å². The van der Waals surface area contributed by atoms with Crippen LogP contribution in [0, 0.1) is 0 Å². The van der Waals surface area contributed by atoms with Gasteiger partial charge in [0.2, 0.25) is 0 Å². The van der Waals surface area contributed by atoms with Crippen molar-refractivity contribution in [2.45, 2.75) is 32.7 Å². The Labute approximate surface area is 180 Å². The number of fused-ring (bicyclic) bond motifs is 1. The molecule has 0 radical (unpaired) electrons. The van der Waals surface area contributed by atoms with Crippen LogP contribution in [0.3, 0.4) is 0 Å². The molecule has 0 saturated carbocycles. The summed E-state index contributed by atoms with van der Waals surface area (Å²) < 4.78 is 10.6. The van der Waals surface area contributed by atoms with E-state index in [4.69, 9.17) is 9.47 Å². The number of aromatic amines is 1. The number of esters is 1. The number of H-pyrrole nitrogens is 1. The fourth-order valence-electron chi connectivity index (χ4n) is 3.91. The van der Waals surface area contributed by atoms with E-state index in [2.05, 4.69) is 29.0 Å². The van der Waals surface area contributed by atoms with Crippen LogP contribution in [0.15, 0.2) is 42.6 Å². The number of carbonyl (C=O) groups is 2. The summed E-state index contributed by atoms with van der Waals surface area (Å²) in [6.45, 7) is 6.11. The monoisotopic (exact) mass is 420 g/mol. The highest BCUT2D eigenvalue weighted by Crippen LogP contribution is 2.46. The Morgan fingerprint density at radius 3 is 2.65 bits per heavy atom. The van der Waals surface area contributed by atoms with Crippen LogP contribution in [0.2, 0.25) is 0 Å². The Bertz CT molecular complexity index is 1120. The molecule has 0 fully saturated rings. The first-order valence-corrected chi connectivity index (χ1v) is 10.2. The second-order valence-corrected chi connectivity index (χ2v) is 7.50. The number of benzene rings is 1. The standard InChI is InChI=1S/C23H24N4O4/c1-5-31-23(29)16-11-10-14(12-24-16)27-21(15-8-6-7-9-17(15)30-4)18-19(13(2)3)25-26-20(18)22(27)28/h6-13,21H,5H2,1-4H3,(H,25,26). The molecule has 1 aromatic carbocycles. The molecule has 1 unspecified atom stereocenters. The number of aromatic nitrogens is 3. The third kappa shape index (κ3) is 3.43. The first kappa shape index (κ1) is 20.6. The van der Waals surface area contributed by atoms with Gasteiger partial charge in [0.05, 0.1) is 31.6 Å². The largest absolute Gasteiger partial charge is 0.496 e. The SMILES string of the molecule is CCOC(=O)c1ccc(N2C(=O)c3n[nH]c(C(C)C)c3C2c2ccccc2OC)cn1. The van der Waals surface area contributed by atoms with Gasteiger partial charge in [0.25, 0.3) is 5.91 Å². The van der Waals surface area contributed by atoms with Crippen molar-refractivity contribution >= 4 is 17.6 Å². The maximum atomic E-state index is 13.4. The fraction of sp³-hybridized carbons (Fsp3) is 0.304. The lowest BCUT2D eigenvalue weighted by Crippen LogP contribution is -2.30. The third-order valence-electron chi connectivity index (χ3n) is 5.31. The Kier molecular flexibility index (Phi) is 5.46. The van der Waals surface area contributed by atoms with Crippen LogP contribution in [-0.2, 0) is 4.74 Å². The van der Waals surface area contributed by atoms with E-state index in [1.54, 1.807) is 31.1 Å². The molecule has 160 valence electrons. The summed E-state index contributed by atoms with van der Waals surface area (Å²) in [5.74, 6) is 0.0775. The molecule has 0 bridgehead atoms. The Morgan fingerprint density at radius 2 is 2.00 bits per heavy atom. The Balaban J connectivity index is 1.85. The van der Waals surface area contributed by atoms with Gasteiger partial charge in [-0.1, -0.05) is 32.0 Å². The maximum Gasteiger partial charge on any atom is 0.356 e. The zero-order valence-corrected chi connectivity index (χ0v) is 17.9. The summed E-state index contributed by atoms with van der Waals surface area (Å²) in [6.07, 6.45) is 1.51. The molecule has 1 aliphatic heterocycles. The minimum Gasteiger partial charge on any atom is -0.496 e. The molecule has 31 heavy (non-hydrogen) atoms. The normalized spacial score (nSPS) is 15.3. The number of anilines is 1. The minimum atomic E-state index is -0.502. The molecule has 3 aromatic rings.